The molecule has 1 heterocycles. The predicted octanol–water partition coefficient (Wildman–Crippen LogP) is -0.0659. The monoisotopic (exact) mass is 211 g/mol. The zero-order valence-electron chi connectivity index (χ0n) is 9.62. The van der Waals surface area contributed by atoms with Crippen molar-refractivity contribution >= 4 is 5.91 Å². The summed E-state index contributed by atoms with van der Waals surface area (Å²) in [7, 11) is 2.12. The lowest BCUT2D eigenvalue weighted by molar-refractivity contribution is -0.124. The first-order chi connectivity index (χ1) is 7.01. The second-order valence-corrected chi connectivity index (χ2v) is 5.26. The number of nitrogens with one attached hydrogen (secondary N) is 1. The Bertz CT molecular complexity index is 263. The van der Waals surface area contributed by atoms with Crippen LogP contribution in [0.4, 0.5) is 0 Å². The smallest absolute Gasteiger partial charge is 0.240 e. The van der Waals surface area contributed by atoms with E-state index in [9.17, 15) is 4.79 Å². The summed E-state index contributed by atoms with van der Waals surface area (Å²) in [5.74, 6) is 0.582. The first kappa shape index (κ1) is 10.9. The third kappa shape index (κ3) is 2.32. The van der Waals surface area contributed by atoms with Crippen molar-refractivity contribution in [2.45, 2.75) is 37.8 Å². The Hall–Kier alpha value is -0.610. The van der Waals surface area contributed by atoms with Crippen LogP contribution in [0.1, 0.15) is 26.2 Å². The van der Waals surface area contributed by atoms with Gasteiger partial charge in [0.05, 0.1) is 5.54 Å². The van der Waals surface area contributed by atoms with Gasteiger partial charge in [0.15, 0.2) is 0 Å². The van der Waals surface area contributed by atoms with Crippen molar-refractivity contribution in [3.8, 4) is 0 Å². The maximum Gasteiger partial charge on any atom is 0.240 e. The van der Waals surface area contributed by atoms with E-state index in [0.29, 0.717) is 12.0 Å². The van der Waals surface area contributed by atoms with Crippen LogP contribution < -0.4 is 11.1 Å². The fourth-order valence-corrected chi connectivity index (χ4v) is 2.24. The second-order valence-electron chi connectivity index (χ2n) is 5.26. The maximum absolute atomic E-state index is 11.8. The highest BCUT2D eigenvalue weighted by atomic mass is 16.2. The van der Waals surface area contributed by atoms with Gasteiger partial charge in [0.1, 0.15) is 0 Å². The van der Waals surface area contributed by atoms with Crippen LogP contribution in [0.25, 0.3) is 0 Å². The fraction of sp³-hybridized carbons (Fsp3) is 0.909. The van der Waals surface area contributed by atoms with Gasteiger partial charge in [-0.25, -0.2) is 0 Å². The van der Waals surface area contributed by atoms with Gasteiger partial charge in [0.2, 0.25) is 5.91 Å². The van der Waals surface area contributed by atoms with E-state index in [-0.39, 0.29) is 5.91 Å². The summed E-state index contributed by atoms with van der Waals surface area (Å²) >= 11 is 0. The van der Waals surface area contributed by atoms with Gasteiger partial charge in [-0.2, -0.15) is 0 Å². The number of carbonyl (C=O) groups excluding carboxylic acids is 1. The van der Waals surface area contributed by atoms with Crippen molar-refractivity contribution in [3.05, 3.63) is 0 Å². The van der Waals surface area contributed by atoms with Gasteiger partial charge in [-0.3, -0.25) is 4.79 Å². The first-order valence-corrected chi connectivity index (χ1v) is 5.80. The number of rotatable bonds is 2. The molecule has 0 radical (unpaired) electrons. The molecular formula is C11H21N3O. The number of nitrogens with two attached hydrogens (primary N) is 1. The van der Waals surface area contributed by atoms with Crippen molar-refractivity contribution in [1.82, 2.24) is 10.2 Å². The molecule has 0 aromatic rings. The molecule has 1 aliphatic carbocycles. The Kier molecular flexibility index (Phi) is 2.73. The molecule has 86 valence electrons. The zero-order valence-corrected chi connectivity index (χ0v) is 9.62. The summed E-state index contributed by atoms with van der Waals surface area (Å²) in [6, 6.07) is 0.315. The van der Waals surface area contributed by atoms with Crippen LogP contribution in [0.2, 0.25) is 0 Å². The molecule has 0 aromatic carbocycles. The van der Waals surface area contributed by atoms with Gasteiger partial charge in [0.25, 0.3) is 0 Å². The Labute approximate surface area is 91.2 Å². The van der Waals surface area contributed by atoms with Gasteiger partial charge >= 0.3 is 0 Å². The number of nitrogens with zero attached hydrogens (tertiary/aromatic N) is 1. The highest BCUT2D eigenvalue weighted by Crippen LogP contribution is 2.32. The Balaban J connectivity index is 1.86. The number of amides is 1. The number of likely N-dealkylation sites (tertiary alicyclic amines) is 1. The molecule has 2 unspecified atom stereocenters. The van der Waals surface area contributed by atoms with E-state index in [0.717, 1.165) is 32.4 Å². The molecule has 3 N–H and O–H groups in total. The standard InChI is InChI=1S/C11H21N3O/c1-8-7-14(2)6-3-9(8)13-10(15)11(12)4-5-11/h8-9H,3-7,12H2,1-2H3,(H,13,15). The van der Waals surface area contributed by atoms with E-state index < -0.39 is 5.54 Å². The Morgan fingerprint density at radius 1 is 1.53 bits per heavy atom. The van der Waals surface area contributed by atoms with Gasteiger partial charge in [-0.1, -0.05) is 6.92 Å². The minimum atomic E-state index is -0.525. The highest BCUT2D eigenvalue weighted by Gasteiger charge is 2.46. The van der Waals surface area contributed by atoms with E-state index in [1.807, 2.05) is 0 Å². The molecule has 2 fully saturated rings. The summed E-state index contributed by atoms with van der Waals surface area (Å²) in [5, 5.41) is 3.10. The van der Waals surface area contributed by atoms with Crippen LogP contribution in [0.15, 0.2) is 0 Å². The minimum absolute atomic E-state index is 0.0592. The lowest BCUT2D eigenvalue weighted by atomic mass is 9.94. The van der Waals surface area contributed by atoms with Crippen LogP contribution >= 0.6 is 0 Å². The molecule has 0 aromatic heterocycles. The van der Waals surface area contributed by atoms with Crippen LogP contribution in [-0.4, -0.2) is 42.5 Å². The first-order valence-electron chi connectivity index (χ1n) is 5.80. The Morgan fingerprint density at radius 3 is 2.73 bits per heavy atom. The number of carbonyl (C=O) groups is 1. The van der Waals surface area contributed by atoms with Crippen molar-refractivity contribution in [2.24, 2.45) is 11.7 Å². The number of hydrogen-bond acceptors (Lipinski definition) is 3. The molecule has 1 saturated carbocycles. The van der Waals surface area contributed by atoms with Gasteiger partial charge < -0.3 is 16.0 Å². The molecule has 0 bridgehead atoms. The van der Waals surface area contributed by atoms with Crippen molar-refractivity contribution in [1.29, 1.82) is 0 Å². The average Bonchev–Trinajstić information content (AvgIpc) is 2.90. The summed E-state index contributed by atoms with van der Waals surface area (Å²) < 4.78 is 0. The lowest BCUT2D eigenvalue weighted by Gasteiger charge is -2.35. The molecule has 15 heavy (non-hydrogen) atoms. The van der Waals surface area contributed by atoms with Crippen molar-refractivity contribution in [3.63, 3.8) is 0 Å². The maximum atomic E-state index is 11.8. The molecule has 4 nitrogen and oxygen atoms in total. The van der Waals surface area contributed by atoms with Gasteiger partial charge in [0, 0.05) is 12.6 Å². The van der Waals surface area contributed by atoms with E-state index in [4.69, 9.17) is 5.73 Å². The lowest BCUT2D eigenvalue weighted by Crippen LogP contribution is -2.53. The van der Waals surface area contributed by atoms with E-state index in [1.54, 1.807) is 0 Å². The van der Waals surface area contributed by atoms with Gasteiger partial charge in [-0.05, 0) is 38.8 Å². The van der Waals surface area contributed by atoms with Crippen LogP contribution in [-0.2, 0) is 4.79 Å². The van der Waals surface area contributed by atoms with E-state index in [1.165, 1.54) is 0 Å². The Morgan fingerprint density at radius 2 is 2.20 bits per heavy atom. The molecule has 2 aliphatic rings. The third-order valence-corrected chi connectivity index (χ3v) is 3.67. The van der Waals surface area contributed by atoms with E-state index >= 15 is 0 Å². The molecule has 1 saturated heterocycles. The molecule has 1 aliphatic heterocycles. The van der Waals surface area contributed by atoms with Gasteiger partial charge in [-0.15, -0.1) is 0 Å². The van der Waals surface area contributed by atoms with Crippen molar-refractivity contribution < 1.29 is 4.79 Å². The highest BCUT2D eigenvalue weighted by molar-refractivity contribution is 5.89. The molecular weight excluding hydrogens is 190 g/mol. The minimum Gasteiger partial charge on any atom is -0.351 e. The number of hydrogen-bond donors (Lipinski definition) is 2. The normalized spacial score (nSPS) is 34.9. The van der Waals surface area contributed by atoms with Crippen molar-refractivity contribution in [2.75, 3.05) is 20.1 Å². The summed E-state index contributed by atoms with van der Waals surface area (Å²) in [6.45, 7) is 4.31. The van der Waals surface area contributed by atoms with Crippen LogP contribution in [0.3, 0.4) is 0 Å². The summed E-state index contributed by atoms with van der Waals surface area (Å²) in [4.78, 5) is 14.1. The molecule has 0 spiro atoms. The molecule has 4 heteroatoms. The zero-order chi connectivity index (χ0) is 11.1. The molecule has 2 atom stereocenters. The summed E-state index contributed by atoms with van der Waals surface area (Å²) in [5.41, 5.74) is 5.33. The SMILES string of the molecule is CC1CN(C)CCC1NC(=O)C1(N)CC1. The number of piperidine rings is 1. The van der Waals surface area contributed by atoms with Crippen LogP contribution in [0, 0.1) is 5.92 Å². The largest absolute Gasteiger partial charge is 0.351 e. The fourth-order valence-electron chi connectivity index (χ4n) is 2.24. The average molecular weight is 211 g/mol. The van der Waals surface area contributed by atoms with E-state index in [2.05, 4.69) is 24.2 Å². The quantitative estimate of drug-likeness (QED) is 0.672. The molecule has 2 rings (SSSR count). The van der Waals surface area contributed by atoms with Crippen LogP contribution in [0.5, 0.6) is 0 Å². The second kappa shape index (κ2) is 3.76. The third-order valence-electron chi connectivity index (χ3n) is 3.67. The predicted molar refractivity (Wildman–Crippen MR) is 59.4 cm³/mol. The summed E-state index contributed by atoms with van der Waals surface area (Å²) in [6.07, 6.45) is 2.74. The molecule has 1 amide bonds. The topological polar surface area (TPSA) is 58.4 Å².